The van der Waals surface area contributed by atoms with Crippen molar-refractivity contribution in [2.24, 2.45) is 5.41 Å². The predicted octanol–water partition coefficient (Wildman–Crippen LogP) is 5.69. The van der Waals surface area contributed by atoms with Crippen LogP contribution in [0.5, 0.6) is 0 Å². The largest absolute Gasteiger partial charge is 0.393 e. The van der Waals surface area contributed by atoms with Crippen LogP contribution >= 0.6 is 0 Å². The highest BCUT2D eigenvalue weighted by Gasteiger charge is 2.45. The molecule has 1 spiro atoms. The summed E-state index contributed by atoms with van der Waals surface area (Å²) < 4.78 is 41.4. The van der Waals surface area contributed by atoms with Crippen molar-refractivity contribution in [2.45, 2.75) is 58.4 Å². The van der Waals surface area contributed by atoms with E-state index in [1.54, 1.807) is 12.1 Å². The maximum absolute atomic E-state index is 13.1. The predicted molar refractivity (Wildman–Crippen MR) is 188 cm³/mol. The molecule has 0 N–H and O–H groups in total. The lowest BCUT2D eigenvalue weighted by atomic mass is 9.72. The van der Waals surface area contributed by atoms with Crippen molar-refractivity contribution in [3.05, 3.63) is 77.8 Å². The van der Waals surface area contributed by atoms with Crippen LogP contribution in [0.4, 0.5) is 19.0 Å². The van der Waals surface area contributed by atoms with Gasteiger partial charge >= 0.3 is 6.18 Å². The molecular weight excluding hydrogens is 641 g/mol. The average Bonchev–Trinajstić information content (AvgIpc) is 3.45. The van der Waals surface area contributed by atoms with Crippen LogP contribution in [0.2, 0.25) is 0 Å². The lowest BCUT2D eigenvalue weighted by Crippen LogP contribution is -2.60. The number of benzene rings is 2. The zero-order valence-electron chi connectivity index (χ0n) is 28.7. The van der Waals surface area contributed by atoms with Crippen molar-refractivity contribution in [3.63, 3.8) is 0 Å². The number of amides is 1. The number of piperazine rings is 1. The van der Waals surface area contributed by atoms with E-state index in [1.165, 1.54) is 29.6 Å². The summed E-state index contributed by atoms with van der Waals surface area (Å²) in [6.45, 7) is 16.1. The highest BCUT2D eigenvalue weighted by Crippen LogP contribution is 2.44. The molecule has 1 unspecified atom stereocenters. The average molecular weight is 685 g/mol. The minimum absolute atomic E-state index is 0.0238. The Kier molecular flexibility index (Phi) is 9.07. The zero-order chi connectivity index (χ0) is 35.2. The first-order valence-corrected chi connectivity index (χ1v) is 17.4. The van der Waals surface area contributed by atoms with Gasteiger partial charge < -0.3 is 14.4 Å². The smallest absolute Gasteiger partial charge is 0.355 e. The van der Waals surface area contributed by atoms with Crippen LogP contribution in [-0.4, -0.2) is 99.7 Å². The lowest BCUT2D eigenvalue weighted by molar-refractivity contribution is -0.128. The Labute approximate surface area is 290 Å². The Morgan fingerprint density at radius 2 is 1.78 bits per heavy atom. The number of fused-ring (bicyclic) bond motifs is 2. The van der Waals surface area contributed by atoms with Crippen LogP contribution in [0.25, 0.3) is 21.8 Å². The first kappa shape index (κ1) is 34.0. The van der Waals surface area contributed by atoms with Crippen molar-refractivity contribution >= 4 is 33.5 Å². The Balaban J connectivity index is 0.978. The molecule has 50 heavy (non-hydrogen) atoms. The standard InChI is InChI=1S/C38H43F3N8O/c1-4-35(50)47-15-13-46(14-16-47)26(2)21-49-30(20-42)18-31-27(3)29(6-8-34(31)49)22-45-11-9-37(10-12-45)23-48(24-37)36-32-17-28(19-38(39,40)41)5-7-33(32)43-25-44-36/h4-8,17-18,25-26H,1,9-16,19,21-24H2,2-3H3. The fourth-order valence-electron chi connectivity index (χ4n) is 8.21. The molecule has 0 aliphatic carbocycles. The minimum atomic E-state index is -4.26. The second-order valence-electron chi connectivity index (χ2n) is 14.4. The number of alkyl halides is 3. The summed E-state index contributed by atoms with van der Waals surface area (Å²) in [4.78, 5) is 29.7. The second kappa shape index (κ2) is 13.3. The molecule has 262 valence electrons. The molecule has 3 aliphatic rings. The van der Waals surface area contributed by atoms with Crippen molar-refractivity contribution in [3.8, 4) is 6.07 Å². The number of carbonyl (C=O) groups is 1. The van der Waals surface area contributed by atoms with E-state index in [1.807, 2.05) is 11.0 Å². The van der Waals surface area contributed by atoms with Crippen molar-refractivity contribution in [1.82, 2.24) is 29.2 Å². The zero-order valence-corrected chi connectivity index (χ0v) is 28.7. The fourth-order valence-corrected chi connectivity index (χ4v) is 8.21. The SMILES string of the molecule is C=CC(=O)N1CCN(C(C)Cn2c(C#N)cc3c(C)c(CN4CCC5(CC4)CN(c4ncnc6ccc(CC(F)(F)F)cc46)C5)ccc32)CC1. The van der Waals surface area contributed by atoms with Gasteiger partial charge in [0, 0.05) is 80.1 Å². The third-order valence-electron chi connectivity index (χ3n) is 11.2. The number of anilines is 1. The number of rotatable bonds is 8. The van der Waals surface area contributed by atoms with Gasteiger partial charge in [-0.25, -0.2) is 9.97 Å². The van der Waals surface area contributed by atoms with E-state index in [9.17, 15) is 23.2 Å². The fraction of sp³-hybridized carbons (Fsp3) is 0.474. The first-order chi connectivity index (χ1) is 24.0. The molecule has 3 saturated heterocycles. The number of carbonyl (C=O) groups excluding carboxylic acids is 1. The number of aryl methyl sites for hydroxylation is 1. The van der Waals surface area contributed by atoms with Crippen LogP contribution in [0, 0.1) is 23.7 Å². The Morgan fingerprint density at radius 1 is 1.04 bits per heavy atom. The first-order valence-electron chi connectivity index (χ1n) is 17.4. The normalized spacial score (nSPS) is 19.1. The summed E-state index contributed by atoms with van der Waals surface area (Å²) in [5.41, 5.74) is 5.27. The van der Waals surface area contributed by atoms with E-state index < -0.39 is 12.6 Å². The Morgan fingerprint density at radius 3 is 2.46 bits per heavy atom. The van der Waals surface area contributed by atoms with Crippen LogP contribution in [0.15, 0.2) is 55.4 Å². The lowest BCUT2D eigenvalue weighted by Gasteiger charge is -2.54. The number of hydrogen-bond donors (Lipinski definition) is 0. The number of hydrogen-bond acceptors (Lipinski definition) is 7. The number of nitriles is 1. The summed E-state index contributed by atoms with van der Waals surface area (Å²) in [5.74, 6) is 0.695. The van der Waals surface area contributed by atoms with Gasteiger partial charge in [-0.3, -0.25) is 14.6 Å². The molecule has 3 fully saturated rings. The summed E-state index contributed by atoms with van der Waals surface area (Å²) in [6.07, 6.45) is -0.253. The van der Waals surface area contributed by atoms with E-state index in [-0.39, 0.29) is 22.9 Å². The topological polar surface area (TPSA) is 84.5 Å². The molecule has 1 amide bonds. The van der Waals surface area contributed by atoms with Crippen LogP contribution in [0.3, 0.4) is 0 Å². The van der Waals surface area contributed by atoms with Gasteiger partial charge in [0.2, 0.25) is 5.91 Å². The van der Waals surface area contributed by atoms with Gasteiger partial charge in [-0.2, -0.15) is 18.4 Å². The van der Waals surface area contributed by atoms with E-state index in [0.717, 1.165) is 75.4 Å². The number of nitrogens with zero attached hydrogens (tertiary/aromatic N) is 8. The third kappa shape index (κ3) is 6.68. The van der Waals surface area contributed by atoms with Crippen LogP contribution in [-0.2, 0) is 24.3 Å². The van der Waals surface area contributed by atoms with E-state index in [4.69, 9.17) is 0 Å². The highest BCUT2D eigenvalue weighted by molar-refractivity contribution is 5.90. The molecule has 7 rings (SSSR count). The van der Waals surface area contributed by atoms with Gasteiger partial charge in [0.1, 0.15) is 23.9 Å². The van der Waals surface area contributed by atoms with E-state index >= 15 is 0 Å². The molecule has 0 radical (unpaired) electrons. The van der Waals surface area contributed by atoms with Crippen molar-refractivity contribution in [1.29, 1.82) is 5.26 Å². The third-order valence-corrected chi connectivity index (χ3v) is 11.2. The Hall–Kier alpha value is -4.47. The Bertz CT molecular complexity index is 1960. The number of halogens is 3. The molecule has 1 atom stereocenters. The van der Waals surface area contributed by atoms with Crippen molar-refractivity contribution < 1.29 is 18.0 Å². The molecule has 0 saturated carbocycles. The number of likely N-dealkylation sites (tertiary alicyclic amines) is 1. The minimum Gasteiger partial charge on any atom is -0.355 e. The second-order valence-corrected chi connectivity index (χ2v) is 14.4. The molecule has 2 aromatic carbocycles. The summed E-state index contributed by atoms with van der Waals surface area (Å²) in [5, 5.41) is 11.9. The number of aromatic nitrogens is 3. The van der Waals surface area contributed by atoms with E-state index in [2.05, 4.69) is 67.9 Å². The summed E-state index contributed by atoms with van der Waals surface area (Å²) in [6, 6.07) is 13.8. The van der Waals surface area contributed by atoms with Gasteiger partial charge in [-0.05, 0) is 86.8 Å². The van der Waals surface area contributed by atoms with Gasteiger partial charge in [0.05, 0.1) is 11.9 Å². The monoisotopic (exact) mass is 684 g/mol. The van der Waals surface area contributed by atoms with Crippen LogP contribution < -0.4 is 4.90 Å². The molecular formula is C38H43F3N8O. The highest BCUT2D eigenvalue weighted by atomic mass is 19.4. The molecule has 9 nitrogen and oxygen atoms in total. The molecule has 5 heterocycles. The van der Waals surface area contributed by atoms with Gasteiger partial charge in [0.25, 0.3) is 0 Å². The van der Waals surface area contributed by atoms with E-state index in [0.29, 0.717) is 36.2 Å². The molecule has 2 aromatic heterocycles. The summed E-state index contributed by atoms with van der Waals surface area (Å²) >= 11 is 0. The number of piperidine rings is 1. The maximum Gasteiger partial charge on any atom is 0.393 e. The van der Waals surface area contributed by atoms with Gasteiger partial charge in [-0.15, -0.1) is 0 Å². The molecule has 12 heteroatoms. The molecule has 3 aliphatic heterocycles. The summed E-state index contributed by atoms with van der Waals surface area (Å²) in [7, 11) is 0. The van der Waals surface area contributed by atoms with Crippen LogP contribution in [0.1, 0.15) is 42.1 Å². The quantitative estimate of drug-likeness (QED) is 0.221. The molecule has 0 bridgehead atoms. The maximum atomic E-state index is 13.1. The van der Waals surface area contributed by atoms with Gasteiger partial charge in [-0.1, -0.05) is 18.7 Å². The molecule has 4 aromatic rings. The van der Waals surface area contributed by atoms with Crippen molar-refractivity contribution in [2.75, 3.05) is 57.3 Å². The van der Waals surface area contributed by atoms with Gasteiger partial charge in [0.15, 0.2) is 0 Å².